The molecule has 2 aromatic rings. The number of nitrogens with one attached hydrogen (secondary N) is 2. The second-order valence-corrected chi connectivity index (χ2v) is 5.31. The van der Waals surface area contributed by atoms with Crippen molar-refractivity contribution in [1.29, 1.82) is 0 Å². The number of benzene rings is 2. The van der Waals surface area contributed by atoms with Crippen LogP contribution in [-0.2, 0) is 9.59 Å². The molecule has 132 valence electrons. The monoisotopic (exact) mass is 344 g/mol. The number of phenols is 1. The van der Waals surface area contributed by atoms with Crippen LogP contribution in [0.4, 0.5) is 5.69 Å². The first-order chi connectivity index (χ1) is 11.9. The van der Waals surface area contributed by atoms with E-state index < -0.39 is 17.9 Å². The van der Waals surface area contributed by atoms with Gasteiger partial charge in [-0.1, -0.05) is 6.07 Å². The van der Waals surface area contributed by atoms with Crippen molar-refractivity contribution >= 4 is 17.5 Å². The van der Waals surface area contributed by atoms with Gasteiger partial charge in [-0.25, -0.2) is 0 Å². The van der Waals surface area contributed by atoms with Crippen LogP contribution in [0, 0.1) is 0 Å². The van der Waals surface area contributed by atoms with Gasteiger partial charge in [-0.15, -0.1) is 0 Å². The third-order valence-corrected chi connectivity index (χ3v) is 3.58. The van der Waals surface area contributed by atoms with Gasteiger partial charge in [0.2, 0.25) is 0 Å². The van der Waals surface area contributed by atoms with Crippen LogP contribution in [0.15, 0.2) is 42.5 Å². The summed E-state index contributed by atoms with van der Waals surface area (Å²) < 4.78 is 10.2. The Labute approximate surface area is 145 Å². The minimum atomic E-state index is -0.822. The Morgan fingerprint density at radius 1 is 1.00 bits per heavy atom. The lowest BCUT2D eigenvalue weighted by molar-refractivity contribution is -0.136. The molecule has 0 aromatic heterocycles. The van der Waals surface area contributed by atoms with Crippen molar-refractivity contribution in [2.75, 3.05) is 19.5 Å². The van der Waals surface area contributed by atoms with Crippen molar-refractivity contribution in [3.05, 3.63) is 48.0 Å². The molecule has 0 aliphatic carbocycles. The Morgan fingerprint density at radius 2 is 1.68 bits per heavy atom. The molecular formula is C18H20N2O5. The smallest absolute Gasteiger partial charge is 0.313 e. The Bertz CT molecular complexity index is 776. The fourth-order valence-electron chi connectivity index (χ4n) is 2.24. The van der Waals surface area contributed by atoms with Crippen molar-refractivity contribution < 1.29 is 24.2 Å². The van der Waals surface area contributed by atoms with Gasteiger partial charge in [-0.3, -0.25) is 9.59 Å². The molecule has 0 aliphatic heterocycles. The molecule has 0 saturated carbocycles. The molecule has 7 heteroatoms. The first-order valence-corrected chi connectivity index (χ1v) is 7.57. The van der Waals surface area contributed by atoms with E-state index in [4.69, 9.17) is 9.47 Å². The van der Waals surface area contributed by atoms with E-state index in [1.807, 2.05) is 0 Å². The van der Waals surface area contributed by atoms with Gasteiger partial charge in [0.25, 0.3) is 0 Å². The highest BCUT2D eigenvalue weighted by Crippen LogP contribution is 2.28. The Balaban J connectivity index is 2.04. The maximum Gasteiger partial charge on any atom is 0.313 e. The first-order valence-electron chi connectivity index (χ1n) is 7.57. The molecule has 2 amide bonds. The van der Waals surface area contributed by atoms with Crippen molar-refractivity contribution in [3.8, 4) is 17.2 Å². The molecule has 3 N–H and O–H groups in total. The minimum absolute atomic E-state index is 0.00167. The minimum Gasteiger partial charge on any atom is -0.508 e. The summed E-state index contributed by atoms with van der Waals surface area (Å²) >= 11 is 0. The standard InChI is InChI=1S/C18H20N2O5/c1-11(15-10-14(25-3)7-8-16(15)21)19-17(22)18(23)20-12-5-4-6-13(9-12)24-2/h4-11,21H,1-3H3,(H,19,22)(H,20,23)/t11-/m1/s1. The van der Waals surface area contributed by atoms with E-state index in [0.717, 1.165) is 0 Å². The summed E-state index contributed by atoms with van der Waals surface area (Å²) in [5.74, 6) is -0.538. The maximum absolute atomic E-state index is 12.1. The quantitative estimate of drug-likeness (QED) is 0.723. The third-order valence-electron chi connectivity index (χ3n) is 3.58. The summed E-state index contributed by atoms with van der Waals surface area (Å²) in [5, 5.41) is 15.0. The zero-order valence-corrected chi connectivity index (χ0v) is 14.2. The zero-order chi connectivity index (χ0) is 18.4. The fraction of sp³-hybridized carbons (Fsp3) is 0.222. The highest BCUT2D eigenvalue weighted by atomic mass is 16.5. The zero-order valence-electron chi connectivity index (χ0n) is 14.2. The maximum atomic E-state index is 12.1. The van der Waals surface area contributed by atoms with Gasteiger partial charge in [0.05, 0.1) is 20.3 Å². The van der Waals surface area contributed by atoms with E-state index in [2.05, 4.69) is 10.6 Å². The van der Waals surface area contributed by atoms with E-state index in [1.165, 1.54) is 20.3 Å². The Morgan fingerprint density at radius 3 is 2.36 bits per heavy atom. The SMILES string of the molecule is COc1cccc(NC(=O)C(=O)N[C@H](C)c2cc(OC)ccc2O)c1. The molecule has 1 atom stereocenters. The summed E-state index contributed by atoms with van der Waals surface area (Å²) in [7, 11) is 3.01. The van der Waals surface area contributed by atoms with Gasteiger partial charge in [0.15, 0.2) is 0 Å². The second kappa shape index (κ2) is 8.05. The average Bonchev–Trinajstić information content (AvgIpc) is 2.62. The third kappa shape index (κ3) is 4.63. The number of anilines is 1. The van der Waals surface area contributed by atoms with Gasteiger partial charge in [0.1, 0.15) is 17.2 Å². The van der Waals surface area contributed by atoms with Crippen molar-refractivity contribution in [2.24, 2.45) is 0 Å². The second-order valence-electron chi connectivity index (χ2n) is 5.31. The number of methoxy groups -OCH3 is 2. The van der Waals surface area contributed by atoms with Crippen LogP contribution in [0.2, 0.25) is 0 Å². The van der Waals surface area contributed by atoms with Crippen molar-refractivity contribution in [1.82, 2.24) is 5.32 Å². The normalized spacial score (nSPS) is 11.3. The van der Waals surface area contributed by atoms with Crippen LogP contribution in [0.25, 0.3) is 0 Å². The number of ether oxygens (including phenoxy) is 2. The molecule has 0 radical (unpaired) electrons. The van der Waals surface area contributed by atoms with Crippen molar-refractivity contribution in [3.63, 3.8) is 0 Å². The highest BCUT2D eigenvalue weighted by Gasteiger charge is 2.19. The van der Waals surface area contributed by atoms with E-state index in [-0.39, 0.29) is 5.75 Å². The number of phenolic OH excluding ortho intramolecular Hbond substituents is 1. The van der Waals surface area contributed by atoms with Crippen LogP contribution in [0.1, 0.15) is 18.5 Å². The van der Waals surface area contributed by atoms with Crippen LogP contribution in [0.5, 0.6) is 17.2 Å². The van der Waals surface area contributed by atoms with Gasteiger partial charge >= 0.3 is 11.8 Å². The number of hydrogen-bond donors (Lipinski definition) is 3. The molecule has 0 spiro atoms. The largest absolute Gasteiger partial charge is 0.508 e. The van der Waals surface area contributed by atoms with Gasteiger partial charge in [-0.05, 0) is 37.3 Å². The lowest BCUT2D eigenvalue weighted by atomic mass is 10.1. The number of carbonyl (C=O) groups excluding carboxylic acids is 2. The molecule has 0 fully saturated rings. The van der Waals surface area contributed by atoms with E-state index in [1.54, 1.807) is 43.3 Å². The number of carbonyl (C=O) groups is 2. The average molecular weight is 344 g/mol. The number of rotatable bonds is 5. The van der Waals surface area contributed by atoms with Crippen LogP contribution in [-0.4, -0.2) is 31.1 Å². The summed E-state index contributed by atoms with van der Waals surface area (Å²) in [5.41, 5.74) is 0.887. The molecule has 0 saturated heterocycles. The predicted octanol–water partition coefficient (Wildman–Crippen LogP) is 2.23. The Kier molecular flexibility index (Phi) is 5.84. The van der Waals surface area contributed by atoms with Gasteiger partial charge in [-0.2, -0.15) is 0 Å². The summed E-state index contributed by atoms with van der Waals surface area (Å²) in [6.07, 6.45) is 0. The number of aromatic hydroxyl groups is 1. The summed E-state index contributed by atoms with van der Waals surface area (Å²) in [4.78, 5) is 24.1. The highest BCUT2D eigenvalue weighted by molar-refractivity contribution is 6.39. The fourth-order valence-corrected chi connectivity index (χ4v) is 2.24. The number of hydrogen-bond acceptors (Lipinski definition) is 5. The van der Waals surface area contributed by atoms with E-state index in [0.29, 0.717) is 22.7 Å². The molecule has 0 bridgehead atoms. The molecule has 0 heterocycles. The lowest BCUT2D eigenvalue weighted by Crippen LogP contribution is -2.36. The van der Waals surface area contributed by atoms with Crippen LogP contribution in [0.3, 0.4) is 0 Å². The van der Waals surface area contributed by atoms with Crippen molar-refractivity contribution in [2.45, 2.75) is 13.0 Å². The van der Waals surface area contributed by atoms with E-state index in [9.17, 15) is 14.7 Å². The molecular weight excluding hydrogens is 324 g/mol. The first kappa shape index (κ1) is 18.1. The number of amides is 2. The summed E-state index contributed by atoms with van der Waals surface area (Å²) in [6, 6.07) is 10.7. The molecule has 0 unspecified atom stereocenters. The lowest BCUT2D eigenvalue weighted by Gasteiger charge is -2.16. The van der Waals surface area contributed by atoms with Gasteiger partial charge < -0.3 is 25.2 Å². The van der Waals surface area contributed by atoms with Crippen LogP contribution < -0.4 is 20.1 Å². The predicted molar refractivity (Wildman–Crippen MR) is 92.8 cm³/mol. The molecule has 25 heavy (non-hydrogen) atoms. The van der Waals surface area contributed by atoms with E-state index >= 15 is 0 Å². The molecule has 7 nitrogen and oxygen atoms in total. The molecule has 2 rings (SSSR count). The Hall–Kier alpha value is -3.22. The van der Waals surface area contributed by atoms with Gasteiger partial charge in [0, 0.05) is 17.3 Å². The van der Waals surface area contributed by atoms with Crippen LogP contribution >= 0.6 is 0 Å². The summed E-state index contributed by atoms with van der Waals surface area (Å²) in [6.45, 7) is 1.66. The molecule has 2 aromatic carbocycles. The topological polar surface area (TPSA) is 96.9 Å². The molecule has 0 aliphatic rings.